The zero-order valence-corrected chi connectivity index (χ0v) is 38.4. The van der Waals surface area contributed by atoms with Gasteiger partial charge in [-0.15, -0.1) is 0 Å². The molecule has 3 aliphatic heterocycles. The summed E-state index contributed by atoms with van der Waals surface area (Å²) < 4.78 is 33.9. The van der Waals surface area contributed by atoms with Gasteiger partial charge < -0.3 is 48.0 Å². The number of rotatable bonds is 12. The number of nitrogens with zero attached hydrogens (tertiary/aromatic N) is 6. The quantitative estimate of drug-likeness (QED) is 0.151. The predicted octanol–water partition coefficient (Wildman–Crippen LogP) is 5.92. The second kappa shape index (κ2) is 20.0. The van der Waals surface area contributed by atoms with Gasteiger partial charge in [0, 0.05) is 67.6 Å². The number of amides is 1. The molecule has 0 bridgehead atoms. The molecule has 340 valence electrons. The Bertz CT molecular complexity index is 1830. The summed E-state index contributed by atoms with van der Waals surface area (Å²) in [6.07, 6.45) is 5.06. The van der Waals surface area contributed by atoms with Crippen molar-refractivity contribution in [3.8, 4) is 11.3 Å². The predicted molar refractivity (Wildman–Crippen MR) is 228 cm³/mol. The molecule has 5 heterocycles. The molecule has 0 saturated carbocycles. The Morgan fingerprint density at radius 3 is 2.44 bits per heavy atom. The summed E-state index contributed by atoms with van der Waals surface area (Å²) in [6.45, 7) is 17.1. The van der Waals surface area contributed by atoms with Crippen molar-refractivity contribution in [2.45, 2.75) is 154 Å². The van der Waals surface area contributed by atoms with Crippen molar-refractivity contribution < 1.29 is 48.0 Å². The zero-order chi connectivity index (χ0) is 45.0. The number of likely N-dealkylation sites (N-methyl/N-ethyl adjacent to an activating group) is 1. The molecule has 2 aromatic heterocycles. The molecule has 2 unspecified atom stereocenters. The largest absolute Gasteiger partial charge is 0.458 e. The lowest BCUT2D eigenvalue weighted by Crippen LogP contribution is -2.60. The Balaban J connectivity index is 1.50. The first-order valence-corrected chi connectivity index (χ1v) is 21.8. The number of ether oxygens (including phenoxy) is 5. The van der Waals surface area contributed by atoms with E-state index >= 15 is 0 Å². The van der Waals surface area contributed by atoms with Crippen LogP contribution in [-0.4, -0.2) is 142 Å². The van der Waals surface area contributed by atoms with Gasteiger partial charge in [0.15, 0.2) is 17.7 Å². The van der Waals surface area contributed by atoms with Crippen LogP contribution in [-0.2, 0) is 38.1 Å². The highest BCUT2D eigenvalue weighted by Gasteiger charge is 2.60. The van der Waals surface area contributed by atoms with Crippen LogP contribution in [0.2, 0.25) is 0 Å². The minimum absolute atomic E-state index is 0.0692. The van der Waals surface area contributed by atoms with Gasteiger partial charge in [-0.05, 0) is 93.0 Å². The summed E-state index contributed by atoms with van der Waals surface area (Å²) >= 11 is 0. The molecule has 14 atom stereocenters. The van der Waals surface area contributed by atoms with E-state index in [1.54, 1.807) is 38.3 Å². The van der Waals surface area contributed by atoms with Gasteiger partial charge in [-0.2, -0.15) is 0 Å². The van der Waals surface area contributed by atoms with Crippen LogP contribution in [0, 0.1) is 23.7 Å². The smallest absolute Gasteiger partial charge is 0.410 e. The third-order valence-electron chi connectivity index (χ3n) is 13.5. The van der Waals surface area contributed by atoms with Crippen LogP contribution in [0.15, 0.2) is 42.2 Å². The average molecular weight is 855 g/mol. The maximum absolute atomic E-state index is 14.5. The van der Waals surface area contributed by atoms with Crippen LogP contribution < -0.4 is 0 Å². The molecule has 1 amide bonds. The summed E-state index contributed by atoms with van der Waals surface area (Å²) in [5.74, 6) is -4.12. The molecule has 0 aromatic carbocycles. The van der Waals surface area contributed by atoms with Gasteiger partial charge >= 0.3 is 12.1 Å². The number of aliphatic hydroxyl groups excluding tert-OH is 1. The summed E-state index contributed by atoms with van der Waals surface area (Å²) in [5, 5.41) is 16.2. The lowest BCUT2D eigenvalue weighted by atomic mass is 9.73. The monoisotopic (exact) mass is 855 g/mol. The van der Waals surface area contributed by atoms with Gasteiger partial charge in [-0.1, -0.05) is 32.9 Å². The fourth-order valence-electron chi connectivity index (χ4n) is 9.94. The topological polar surface area (TPSA) is 176 Å². The standard InChI is InChI=1S/C45H70N6O10/c1-14-35-45(9)39(51(43(55)61-45)20-16-17-27(3)50-24-33(47-25-50)32-18-15-19-46-23-32)29(5)36(48-57-13)26(2)22-44(8,56-12)40(30(6)37(52)31(7)41(54)59-35)60-42-38(53)34(49(10)11)21-28(4)58-42/h15,18-19,23-31,34-35,38-40,42,53H,14,16-17,20-22H2,1-13H3/b48-36+/t26-,27?,28-,29+,30+,31-,34+,35-,38-,39+,40-,42?,44-,45-/m1/s1. The number of cyclic esters (lactones) is 1. The fraction of sp³-hybridized carbons (Fsp3) is 0.733. The van der Waals surface area contributed by atoms with E-state index in [0.717, 1.165) is 17.7 Å². The first kappa shape index (κ1) is 48.1. The fourth-order valence-corrected chi connectivity index (χ4v) is 9.94. The van der Waals surface area contributed by atoms with E-state index in [0.29, 0.717) is 31.5 Å². The Hall–Kier alpha value is -3.96. The van der Waals surface area contributed by atoms with Crippen molar-refractivity contribution in [2.75, 3.05) is 34.9 Å². The molecule has 0 aliphatic carbocycles. The maximum atomic E-state index is 14.5. The molecule has 0 spiro atoms. The Kier molecular flexibility index (Phi) is 15.8. The highest BCUT2D eigenvalue weighted by Crippen LogP contribution is 2.43. The van der Waals surface area contributed by atoms with E-state index < -0.39 is 77.4 Å². The van der Waals surface area contributed by atoms with E-state index in [2.05, 4.69) is 26.6 Å². The first-order chi connectivity index (χ1) is 28.8. The number of imidazole rings is 1. The van der Waals surface area contributed by atoms with Crippen molar-refractivity contribution in [3.05, 3.63) is 37.1 Å². The summed E-state index contributed by atoms with van der Waals surface area (Å²) in [6, 6.07) is 3.00. The zero-order valence-electron chi connectivity index (χ0n) is 38.4. The lowest BCUT2D eigenvalue weighted by molar-refractivity contribution is -0.295. The number of esters is 1. The van der Waals surface area contributed by atoms with Crippen molar-refractivity contribution in [1.82, 2.24) is 24.3 Å². The molecule has 61 heavy (non-hydrogen) atoms. The molecule has 5 rings (SSSR count). The molecule has 3 aliphatic rings. The van der Waals surface area contributed by atoms with E-state index in [1.807, 2.05) is 78.3 Å². The first-order valence-electron chi connectivity index (χ1n) is 21.8. The number of carbonyl (C=O) groups is 3. The van der Waals surface area contributed by atoms with Gasteiger partial charge in [0.25, 0.3) is 0 Å². The number of methoxy groups -OCH3 is 1. The second-order valence-corrected chi connectivity index (χ2v) is 18.1. The van der Waals surface area contributed by atoms with Crippen LogP contribution >= 0.6 is 0 Å². The second-order valence-electron chi connectivity index (χ2n) is 18.1. The number of ketones is 1. The van der Waals surface area contributed by atoms with Gasteiger partial charge in [-0.3, -0.25) is 14.6 Å². The van der Waals surface area contributed by atoms with E-state index in [4.69, 9.17) is 28.5 Å². The maximum Gasteiger partial charge on any atom is 0.410 e. The van der Waals surface area contributed by atoms with Crippen molar-refractivity contribution in [2.24, 2.45) is 28.8 Å². The number of aliphatic hydroxyl groups is 1. The molecule has 0 radical (unpaired) electrons. The number of pyridine rings is 1. The molecular weight excluding hydrogens is 785 g/mol. The number of hydrogen-bond acceptors (Lipinski definition) is 14. The average Bonchev–Trinajstić information content (AvgIpc) is 3.83. The van der Waals surface area contributed by atoms with E-state index in [1.165, 1.54) is 14.0 Å². The van der Waals surface area contributed by atoms with Gasteiger partial charge in [-0.25, -0.2) is 9.78 Å². The van der Waals surface area contributed by atoms with Crippen LogP contribution in [0.3, 0.4) is 0 Å². The Morgan fingerprint density at radius 2 is 1.82 bits per heavy atom. The van der Waals surface area contributed by atoms with Gasteiger partial charge in [0.05, 0.1) is 41.6 Å². The van der Waals surface area contributed by atoms with Crippen LogP contribution in [0.1, 0.15) is 100 Å². The normalized spacial score (nSPS) is 36.6. The van der Waals surface area contributed by atoms with Crippen LogP contribution in [0.4, 0.5) is 4.79 Å². The minimum atomic E-state index is -1.33. The number of Topliss-reactive ketones (excluding diaryl/α,β-unsaturated/α-hetero) is 1. The number of oxime groups is 1. The van der Waals surface area contributed by atoms with Crippen molar-refractivity contribution >= 4 is 23.6 Å². The number of aromatic nitrogens is 3. The molecule has 16 nitrogen and oxygen atoms in total. The lowest BCUT2D eigenvalue weighted by Gasteiger charge is -2.47. The number of carbonyl (C=O) groups excluding carboxylic acids is 3. The number of hydrogen-bond donors (Lipinski definition) is 1. The SMILES string of the molecule is CC[C@H]1OC(=O)[C@H](C)C(=O)[C@H](C)[C@@H](OC2O[C@H](C)C[C@H](N(C)C)[C@H]2O)[C@](C)(OC)C[C@@H](C)/C(=N\OC)[C@H](C)[C@@H]2N(CCCC(C)n3cnc(-c4cccnc4)c3)C(=O)O[C@@]21C. The van der Waals surface area contributed by atoms with Gasteiger partial charge in [0.1, 0.15) is 25.2 Å². The van der Waals surface area contributed by atoms with Crippen molar-refractivity contribution in [1.29, 1.82) is 0 Å². The molecule has 3 saturated heterocycles. The molecular formula is C45H70N6O10. The molecule has 2 aromatic rings. The van der Waals surface area contributed by atoms with Gasteiger partial charge in [0.2, 0.25) is 0 Å². The molecule has 3 fully saturated rings. The third-order valence-corrected chi connectivity index (χ3v) is 13.5. The Morgan fingerprint density at radius 1 is 1.10 bits per heavy atom. The summed E-state index contributed by atoms with van der Waals surface area (Å²) in [5.41, 5.74) is -0.139. The highest BCUT2D eigenvalue weighted by atomic mass is 16.7. The summed E-state index contributed by atoms with van der Waals surface area (Å²) in [7, 11) is 6.82. The van der Waals surface area contributed by atoms with Crippen LogP contribution in [0.5, 0.6) is 0 Å². The van der Waals surface area contributed by atoms with Crippen molar-refractivity contribution in [3.63, 3.8) is 0 Å². The Labute approximate surface area is 361 Å². The van der Waals surface area contributed by atoms with E-state index in [-0.39, 0.29) is 30.5 Å². The molecule has 1 N–H and O–H groups in total. The molecule has 16 heteroatoms. The number of fused-ring (bicyclic) bond motifs is 1. The highest BCUT2D eigenvalue weighted by molar-refractivity contribution is 6.00. The van der Waals surface area contributed by atoms with E-state index in [9.17, 15) is 19.5 Å². The minimum Gasteiger partial charge on any atom is -0.458 e. The van der Waals surface area contributed by atoms with Crippen LogP contribution in [0.25, 0.3) is 11.3 Å². The summed E-state index contributed by atoms with van der Waals surface area (Å²) in [4.78, 5) is 60.7. The third kappa shape index (κ3) is 10.1.